The number of nitrogens with one attached hydrogen (secondary N) is 1. The van der Waals surface area contributed by atoms with Gasteiger partial charge in [-0.15, -0.1) is 0 Å². The van der Waals surface area contributed by atoms with Gasteiger partial charge < -0.3 is 10.5 Å². The van der Waals surface area contributed by atoms with Crippen LogP contribution in [0.25, 0.3) is 0 Å². The van der Waals surface area contributed by atoms with Crippen molar-refractivity contribution in [1.29, 1.82) is 0 Å². The van der Waals surface area contributed by atoms with E-state index in [1.807, 2.05) is 4.98 Å². The van der Waals surface area contributed by atoms with E-state index in [1.54, 1.807) is 30.3 Å². The van der Waals surface area contributed by atoms with E-state index >= 15 is 0 Å². The molecule has 0 fully saturated rings. The third-order valence-corrected chi connectivity index (χ3v) is 3.66. The summed E-state index contributed by atoms with van der Waals surface area (Å²) in [5.41, 5.74) is 3.89. The Morgan fingerprint density at radius 3 is 2.38 bits per heavy atom. The summed E-state index contributed by atoms with van der Waals surface area (Å²) in [4.78, 5) is 60.7. The highest BCUT2D eigenvalue weighted by molar-refractivity contribution is 6.01. The van der Waals surface area contributed by atoms with Gasteiger partial charge >= 0.3 is 11.7 Å². The average Bonchev–Trinajstić information content (AvgIpc) is 2.63. The predicted molar refractivity (Wildman–Crippen MR) is 92.0 cm³/mol. The number of aromatic amines is 1. The van der Waals surface area contributed by atoms with Crippen LogP contribution >= 0.6 is 0 Å². The van der Waals surface area contributed by atoms with E-state index in [-0.39, 0.29) is 24.4 Å². The maximum absolute atomic E-state index is 12.1. The highest BCUT2D eigenvalue weighted by Crippen LogP contribution is 2.07. The van der Waals surface area contributed by atoms with Gasteiger partial charge in [0.1, 0.15) is 11.4 Å². The standard InChI is InChI=1S/C17H17N3O6/c1-20-15(18)14(16(24)19-17(20)25)12(22)9-26-13(23)8-7-11(21)10-5-3-2-4-6-10/h2-6H,7-9,18H2,1H3,(H,19,24,25). The zero-order valence-electron chi connectivity index (χ0n) is 14.0. The number of aromatic nitrogens is 2. The second kappa shape index (κ2) is 8.06. The van der Waals surface area contributed by atoms with Gasteiger partial charge in [-0.05, 0) is 0 Å². The van der Waals surface area contributed by atoms with Crippen molar-refractivity contribution in [3.8, 4) is 0 Å². The Balaban J connectivity index is 1.93. The average molecular weight is 359 g/mol. The quantitative estimate of drug-likeness (QED) is 0.525. The largest absolute Gasteiger partial charge is 0.457 e. The number of hydrogen-bond acceptors (Lipinski definition) is 7. The summed E-state index contributed by atoms with van der Waals surface area (Å²) in [7, 11) is 1.28. The van der Waals surface area contributed by atoms with Crippen LogP contribution in [0.5, 0.6) is 0 Å². The number of nitrogens with two attached hydrogens (primary N) is 1. The Bertz CT molecular complexity index is 959. The van der Waals surface area contributed by atoms with E-state index in [0.717, 1.165) is 4.57 Å². The summed E-state index contributed by atoms with van der Waals surface area (Å²) in [6, 6.07) is 8.44. The predicted octanol–water partition coefficient (Wildman–Crippen LogP) is 0.0448. The second-order valence-electron chi connectivity index (χ2n) is 5.45. The molecule has 2 rings (SSSR count). The maximum atomic E-state index is 12.1. The molecule has 0 aliphatic rings. The molecule has 136 valence electrons. The van der Waals surface area contributed by atoms with Gasteiger partial charge in [0.2, 0.25) is 5.78 Å². The number of ether oxygens (including phenoxy) is 1. The number of hydrogen-bond donors (Lipinski definition) is 2. The highest BCUT2D eigenvalue weighted by atomic mass is 16.5. The number of anilines is 1. The topological polar surface area (TPSA) is 141 Å². The van der Waals surface area contributed by atoms with Crippen LogP contribution in [-0.2, 0) is 16.6 Å². The summed E-state index contributed by atoms with van der Waals surface area (Å²) in [6.07, 6.45) is -0.278. The molecule has 0 amide bonds. The fourth-order valence-corrected chi connectivity index (χ4v) is 2.18. The molecule has 26 heavy (non-hydrogen) atoms. The van der Waals surface area contributed by atoms with Crippen molar-refractivity contribution >= 4 is 23.4 Å². The first-order chi connectivity index (χ1) is 12.3. The minimum absolute atomic E-state index is 0.0698. The van der Waals surface area contributed by atoms with Crippen LogP contribution in [-0.4, -0.2) is 33.7 Å². The van der Waals surface area contributed by atoms with Crippen LogP contribution < -0.4 is 17.0 Å². The summed E-state index contributed by atoms with van der Waals surface area (Å²) >= 11 is 0. The van der Waals surface area contributed by atoms with Gasteiger partial charge in [-0.3, -0.25) is 28.7 Å². The van der Waals surface area contributed by atoms with Crippen LogP contribution in [0.4, 0.5) is 5.82 Å². The second-order valence-corrected chi connectivity index (χ2v) is 5.45. The Labute approximate surface area is 147 Å². The normalized spacial score (nSPS) is 10.3. The summed E-state index contributed by atoms with van der Waals surface area (Å²) in [6.45, 7) is -0.718. The van der Waals surface area contributed by atoms with E-state index in [4.69, 9.17) is 10.5 Å². The number of rotatable bonds is 7. The van der Waals surface area contributed by atoms with Crippen LogP contribution in [0.15, 0.2) is 39.9 Å². The number of carbonyl (C=O) groups excluding carboxylic acids is 3. The van der Waals surface area contributed by atoms with Crippen molar-refractivity contribution in [2.45, 2.75) is 12.8 Å². The van der Waals surface area contributed by atoms with E-state index in [0.29, 0.717) is 5.56 Å². The molecule has 1 aromatic carbocycles. The van der Waals surface area contributed by atoms with E-state index in [9.17, 15) is 24.0 Å². The zero-order chi connectivity index (χ0) is 19.3. The number of Topliss-reactive ketones (excluding diaryl/α,β-unsaturated/α-hetero) is 2. The van der Waals surface area contributed by atoms with Gasteiger partial charge in [0.25, 0.3) is 5.56 Å². The molecule has 3 N–H and O–H groups in total. The van der Waals surface area contributed by atoms with Gasteiger partial charge in [-0.25, -0.2) is 4.79 Å². The number of carbonyl (C=O) groups is 3. The van der Waals surface area contributed by atoms with Gasteiger partial charge in [-0.1, -0.05) is 30.3 Å². The summed E-state index contributed by atoms with van der Waals surface area (Å²) in [5, 5.41) is 0. The SMILES string of the molecule is Cn1c(N)c(C(=O)COC(=O)CCC(=O)c2ccccc2)c(=O)[nH]c1=O. The Morgan fingerprint density at radius 1 is 1.08 bits per heavy atom. The Kier molecular flexibility index (Phi) is 5.84. The fraction of sp³-hybridized carbons (Fsp3) is 0.235. The monoisotopic (exact) mass is 359 g/mol. The molecule has 0 saturated heterocycles. The van der Waals surface area contributed by atoms with Gasteiger partial charge in [0, 0.05) is 19.0 Å². The number of ketones is 2. The van der Waals surface area contributed by atoms with Crippen molar-refractivity contribution in [2.75, 3.05) is 12.3 Å². The third kappa shape index (κ3) is 4.32. The number of nitrogen functional groups attached to an aromatic ring is 1. The molecule has 0 aliphatic carbocycles. The molecule has 0 bridgehead atoms. The first kappa shape index (κ1) is 18.8. The smallest absolute Gasteiger partial charge is 0.329 e. The lowest BCUT2D eigenvalue weighted by atomic mass is 10.1. The molecule has 0 radical (unpaired) electrons. The lowest BCUT2D eigenvalue weighted by Gasteiger charge is -2.08. The fourth-order valence-electron chi connectivity index (χ4n) is 2.18. The first-order valence-electron chi connectivity index (χ1n) is 7.67. The lowest BCUT2D eigenvalue weighted by Crippen LogP contribution is -2.35. The molecular weight excluding hydrogens is 342 g/mol. The van der Waals surface area contributed by atoms with Crippen molar-refractivity contribution in [1.82, 2.24) is 9.55 Å². The van der Waals surface area contributed by atoms with Crippen molar-refractivity contribution in [3.05, 3.63) is 62.3 Å². The van der Waals surface area contributed by atoms with E-state index in [1.165, 1.54) is 7.05 Å². The molecule has 1 heterocycles. The van der Waals surface area contributed by atoms with Crippen molar-refractivity contribution < 1.29 is 19.1 Å². The van der Waals surface area contributed by atoms with Gasteiger partial charge in [0.15, 0.2) is 12.4 Å². The van der Waals surface area contributed by atoms with Gasteiger partial charge in [0.05, 0.1) is 6.42 Å². The van der Waals surface area contributed by atoms with Gasteiger partial charge in [-0.2, -0.15) is 0 Å². The molecule has 0 unspecified atom stereocenters. The molecule has 9 heteroatoms. The lowest BCUT2D eigenvalue weighted by molar-refractivity contribution is -0.142. The molecule has 0 atom stereocenters. The maximum Gasteiger partial charge on any atom is 0.329 e. The Morgan fingerprint density at radius 2 is 1.73 bits per heavy atom. The van der Waals surface area contributed by atoms with Crippen LogP contribution in [0.1, 0.15) is 33.6 Å². The van der Waals surface area contributed by atoms with Crippen LogP contribution in [0.3, 0.4) is 0 Å². The van der Waals surface area contributed by atoms with E-state index in [2.05, 4.69) is 0 Å². The number of benzene rings is 1. The first-order valence-corrected chi connectivity index (χ1v) is 7.67. The zero-order valence-corrected chi connectivity index (χ0v) is 14.0. The Hall–Kier alpha value is -3.49. The van der Waals surface area contributed by atoms with Crippen molar-refractivity contribution in [2.24, 2.45) is 7.05 Å². The molecule has 0 spiro atoms. The number of nitrogens with zero attached hydrogens (tertiary/aromatic N) is 1. The van der Waals surface area contributed by atoms with E-state index < -0.39 is 35.2 Å². The van der Waals surface area contributed by atoms with Crippen molar-refractivity contribution in [3.63, 3.8) is 0 Å². The molecule has 1 aromatic heterocycles. The summed E-state index contributed by atoms with van der Waals surface area (Å²) in [5.74, 6) is -2.16. The minimum atomic E-state index is -0.953. The highest BCUT2D eigenvalue weighted by Gasteiger charge is 2.20. The summed E-state index contributed by atoms with van der Waals surface area (Å²) < 4.78 is 5.69. The third-order valence-electron chi connectivity index (χ3n) is 3.66. The van der Waals surface area contributed by atoms with Crippen LogP contribution in [0, 0.1) is 0 Å². The molecule has 0 saturated carbocycles. The number of H-pyrrole nitrogens is 1. The molecule has 2 aromatic rings. The molecular formula is C17H17N3O6. The molecule has 9 nitrogen and oxygen atoms in total. The minimum Gasteiger partial charge on any atom is -0.457 e. The van der Waals surface area contributed by atoms with Crippen LogP contribution in [0.2, 0.25) is 0 Å². The molecule has 0 aliphatic heterocycles. The number of esters is 1.